The lowest BCUT2D eigenvalue weighted by molar-refractivity contribution is -0.154. The summed E-state index contributed by atoms with van der Waals surface area (Å²) < 4.78 is 33.5. The van der Waals surface area contributed by atoms with Crippen LogP contribution in [0.2, 0.25) is 0 Å². The van der Waals surface area contributed by atoms with Gasteiger partial charge in [0.1, 0.15) is 12.2 Å². The number of unbranched alkanes of at least 4 members (excludes halogenated alkanes) is 24. The number of carbonyl (C=O) groups excluding carboxylic acids is 1. The van der Waals surface area contributed by atoms with Crippen LogP contribution >= 0.6 is 7.82 Å². The zero-order valence-corrected chi connectivity index (χ0v) is 38.9. The highest BCUT2D eigenvalue weighted by molar-refractivity contribution is 7.47. The van der Waals surface area contributed by atoms with Gasteiger partial charge in [-0.05, 0) is 51.4 Å². The fraction of sp³-hybridized carbons (Fsp3) is 0.816. The van der Waals surface area contributed by atoms with Gasteiger partial charge in [-0.25, -0.2) is 4.57 Å². The van der Waals surface area contributed by atoms with Gasteiger partial charge in [0.05, 0.1) is 26.4 Å². The molecule has 0 amide bonds. The van der Waals surface area contributed by atoms with E-state index in [2.05, 4.69) is 62.5 Å². The standard InChI is InChI=1S/C49H91O9P/c1-3-5-7-9-11-13-15-17-19-20-21-22-23-24-25-26-27-28-30-32-34-36-38-40-42-55-45-48(46-57-59(53,54)56-44-47(51)43-50)58-49(52)41-39-37-35-33-31-29-18-16-14-12-10-8-6-4-2/h5,7,11,13,17,19,21-22,47-48,50-51H,3-4,6,8-10,12,14-16,18,20,23-46H2,1-2H3,(H,53,54)/b7-5-,13-11-,19-17-,22-21-. The third kappa shape index (κ3) is 45.8. The van der Waals surface area contributed by atoms with E-state index in [9.17, 15) is 19.4 Å². The molecule has 0 saturated heterocycles. The average Bonchev–Trinajstić information content (AvgIpc) is 3.23. The lowest BCUT2D eigenvalue weighted by Gasteiger charge is -2.20. The van der Waals surface area contributed by atoms with Gasteiger partial charge in [-0.1, -0.05) is 204 Å². The van der Waals surface area contributed by atoms with Crippen molar-refractivity contribution in [2.75, 3.05) is 33.0 Å². The summed E-state index contributed by atoms with van der Waals surface area (Å²) in [6.07, 6.45) is 52.2. The molecule has 3 atom stereocenters. The molecule has 0 radical (unpaired) electrons. The monoisotopic (exact) mass is 855 g/mol. The summed E-state index contributed by atoms with van der Waals surface area (Å²) in [6, 6.07) is 0. The quantitative estimate of drug-likeness (QED) is 0.0237. The fourth-order valence-electron chi connectivity index (χ4n) is 6.64. The summed E-state index contributed by atoms with van der Waals surface area (Å²) in [5, 5.41) is 18.4. The summed E-state index contributed by atoms with van der Waals surface area (Å²) in [6.45, 7) is 3.42. The first-order chi connectivity index (χ1) is 28.8. The van der Waals surface area contributed by atoms with Crippen molar-refractivity contribution in [2.45, 2.75) is 225 Å². The Morgan fingerprint density at radius 2 is 0.966 bits per heavy atom. The molecule has 3 N–H and O–H groups in total. The number of phosphoric ester groups is 1. The van der Waals surface area contributed by atoms with Gasteiger partial charge < -0.3 is 24.6 Å². The molecule has 0 bridgehead atoms. The van der Waals surface area contributed by atoms with Gasteiger partial charge in [0.2, 0.25) is 0 Å². The molecule has 0 heterocycles. The van der Waals surface area contributed by atoms with Crippen LogP contribution in [0.4, 0.5) is 0 Å². The summed E-state index contributed by atoms with van der Waals surface area (Å²) in [5.41, 5.74) is 0. The van der Waals surface area contributed by atoms with E-state index in [1.807, 2.05) is 0 Å². The molecule has 346 valence electrons. The van der Waals surface area contributed by atoms with Gasteiger partial charge in [-0.15, -0.1) is 0 Å². The van der Waals surface area contributed by atoms with Crippen molar-refractivity contribution < 1.29 is 43.0 Å². The molecule has 0 aromatic rings. The Morgan fingerprint density at radius 3 is 1.46 bits per heavy atom. The minimum absolute atomic E-state index is 0.0488. The van der Waals surface area contributed by atoms with Crippen LogP contribution < -0.4 is 0 Å². The number of esters is 1. The minimum atomic E-state index is -4.52. The molecule has 59 heavy (non-hydrogen) atoms. The van der Waals surface area contributed by atoms with E-state index in [4.69, 9.17) is 23.6 Å². The smallest absolute Gasteiger partial charge is 0.457 e. The first-order valence-electron chi connectivity index (χ1n) is 24.1. The number of hydrogen-bond acceptors (Lipinski definition) is 8. The summed E-state index contributed by atoms with van der Waals surface area (Å²) >= 11 is 0. The fourth-order valence-corrected chi connectivity index (χ4v) is 7.43. The number of rotatable bonds is 46. The number of aliphatic hydroxyl groups is 2. The maximum atomic E-state index is 12.6. The molecule has 0 rings (SSSR count). The molecule has 0 aliphatic heterocycles. The van der Waals surface area contributed by atoms with Crippen LogP contribution in [-0.2, 0) is 27.9 Å². The summed E-state index contributed by atoms with van der Waals surface area (Å²) in [7, 11) is -4.52. The van der Waals surface area contributed by atoms with Crippen LogP contribution in [0.3, 0.4) is 0 Å². The van der Waals surface area contributed by atoms with Crippen LogP contribution in [0.15, 0.2) is 48.6 Å². The van der Waals surface area contributed by atoms with Gasteiger partial charge in [0.15, 0.2) is 0 Å². The Kier molecular flexibility index (Phi) is 44.7. The molecule has 9 nitrogen and oxygen atoms in total. The Hall–Kier alpha value is -1.58. The summed E-state index contributed by atoms with van der Waals surface area (Å²) in [5.74, 6) is -0.382. The third-order valence-electron chi connectivity index (χ3n) is 10.3. The Morgan fingerprint density at radius 1 is 0.542 bits per heavy atom. The lowest BCUT2D eigenvalue weighted by atomic mass is 10.0. The SMILES string of the molecule is CC/C=C\C/C=C\C/C=C\C/C=C\CCCCCCCCCCCCCOCC(COP(=O)(O)OCC(O)CO)OC(=O)CCCCCCCCCCCCCCCC. The number of carbonyl (C=O) groups is 1. The second-order valence-corrected chi connectivity index (χ2v) is 17.6. The van der Waals surface area contributed by atoms with E-state index >= 15 is 0 Å². The topological polar surface area (TPSA) is 132 Å². The average molecular weight is 855 g/mol. The van der Waals surface area contributed by atoms with Crippen LogP contribution in [-0.4, -0.2) is 66.3 Å². The second kappa shape index (κ2) is 45.9. The molecule has 0 aliphatic rings. The van der Waals surface area contributed by atoms with Gasteiger partial charge in [-0.2, -0.15) is 0 Å². The first-order valence-corrected chi connectivity index (χ1v) is 25.6. The molecule has 0 fully saturated rings. The van der Waals surface area contributed by atoms with Gasteiger partial charge in [0, 0.05) is 13.0 Å². The molecular formula is C49H91O9P. The Labute approximate surface area is 362 Å². The van der Waals surface area contributed by atoms with Gasteiger partial charge >= 0.3 is 13.8 Å². The highest BCUT2D eigenvalue weighted by Crippen LogP contribution is 2.43. The number of ether oxygens (including phenoxy) is 2. The van der Waals surface area contributed by atoms with Crippen LogP contribution in [0.25, 0.3) is 0 Å². The molecule has 10 heteroatoms. The van der Waals surface area contributed by atoms with E-state index < -0.39 is 33.2 Å². The molecular weight excluding hydrogens is 764 g/mol. The van der Waals surface area contributed by atoms with Crippen LogP contribution in [0, 0.1) is 0 Å². The number of hydrogen-bond donors (Lipinski definition) is 3. The van der Waals surface area contributed by atoms with E-state index in [0.29, 0.717) is 6.61 Å². The van der Waals surface area contributed by atoms with Crippen LogP contribution in [0.1, 0.15) is 213 Å². The third-order valence-corrected chi connectivity index (χ3v) is 11.2. The van der Waals surface area contributed by atoms with Crippen molar-refractivity contribution in [1.82, 2.24) is 0 Å². The van der Waals surface area contributed by atoms with Crippen molar-refractivity contribution in [3.8, 4) is 0 Å². The van der Waals surface area contributed by atoms with Gasteiger partial charge in [0.25, 0.3) is 0 Å². The number of phosphoric acid groups is 1. The van der Waals surface area contributed by atoms with Crippen LogP contribution in [0.5, 0.6) is 0 Å². The molecule has 0 saturated carbocycles. The second-order valence-electron chi connectivity index (χ2n) is 16.1. The first kappa shape index (κ1) is 57.4. The molecule has 3 unspecified atom stereocenters. The van der Waals surface area contributed by atoms with E-state index in [-0.39, 0.29) is 25.6 Å². The normalized spacial score (nSPS) is 14.3. The Balaban J connectivity index is 4.05. The van der Waals surface area contributed by atoms with Crippen molar-refractivity contribution >= 4 is 13.8 Å². The van der Waals surface area contributed by atoms with Crippen molar-refractivity contribution in [1.29, 1.82) is 0 Å². The van der Waals surface area contributed by atoms with Gasteiger partial charge in [-0.3, -0.25) is 13.8 Å². The maximum absolute atomic E-state index is 12.6. The van der Waals surface area contributed by atoms with E-state index in [0.717, 1.165) is 64.2 Å². The predicted octanol–water partition coefficient (Wildman–Crippen LogP) is 13.8. The van der Waals surface area contributed by atoms with Crippen molar-refractivity contribution in [3.05, 3.63) is 48.6 Å². The Bertz CT molecular complexity index is 1060. The van der Waals surface area contributed by atoms with E-state index in [1.54, 1.807) is 0 Å². The molecule has 0 spiro atoms. The largest absolute Gasteiger partial charge is 0.472 e. The molecule has 0 aliphatic carbocycles. The molecule has 0 aromatic heterocycles. The van der Waals surface area contributed by atoms with Crippen molar-refractivity contribution in [3.63, 3.8) is 0 Å². The number of aliphatic hydroxyl groups excluding tert-OH is 2. The highest BCUT2D eigenvalue weighted by atomic mass is 31.2. The zero-order chi connectivity index (χ0) is 43.2. The molecule has 0 aromatic carbocycles. The maximum Gasteiger partial charge on any atom is 0.472 e. The number of allylic oxidation sites excluding steroid dienone is 8. The lowest BCUT2D eigenvalue weighted by Crippen LogP contribution is -2.29. The summed E-state index contributed by atoms with van der Waals surface area (Å²) in [4.78, 5) is 22.6. The van der Waals surface area contributed by atoms with E-state index in [1.165, 1.54) is 128 Å². The highest BCUT2D eigenvalue weighted by Gasteiger charge is 2.26. The van der Waals surface area contributed by atoms with Crippen molar-refractivity contribution in [2.24, 2.45) is 0 Å². The predicted molar refractivity (Wildman–Crippen MR) is 247 cm³/mol. The minimum Gasteiger partial charge on any atom is -0.457 e. The zero-order valence-electron chi connectivity index (χ0n) is 38.0.